The summed E-state index contributed by atoms with van der Waals surface area (Å²) >= 11 is 0. The van der Waals surface area contributed by atoms with E-state index in [0.717, 1.165) is 43.3 Å². The number of guanidine groups is 1. The van der Waals surface area contributed by atoms with Crippen LogP contribution >= 0.6 is 24.0 Å². The van der Waals surface area contributed by atoms with Crippen molar-refractivity contribution in [2.24, 2.45) is 10.9 Å². The van der Waals surface area contributed by atoms with Crippen molar-refractivity contribution in [1.29, 1.82) is 0 Å². The Hall–Kier alpha value is -0.830. The second-order valence-electron chi connectivity index (χ2n) is 6.66. The largest absolute Gasteiger partial charge is 0.361 e. The summed E-state index contributed by atoms with van der Waals surface area (Å²) in [7, 11) is 1.82. The van der Waals surface area contributed by atoms with Crippen LogP contribution in [0.3, 0.4) is 0 Å². The summed E-state index contributed by atoms with van der Waals surface area (Å²) in [5.41, 5.74) is 2.21. The Morgan fingerprint density at radius 2 is 1.96 bits per heavy atom. The first kappa shape index (κ1) is 22.2. The lowest BCUT2D eigenvalue weighted by atomic mass is 10.1. The SMILES string of the molecule is CCc1noc(CC)c1CNC(=NC)NCC(C)CN1CCCC1.I. The maximum Gasteiger partial charge on any atom is 0.191 e. The number of rotatable bonds is 8. The standard InChI is InChI=1S/C18H33N5O.HI/c1-5-16-15(17(6-2)24-22-16)12-21-18(19-4)20-11-14(3)13-23-9-7-8-10-23;/h14H,5-13H2,1-4H3,(H2,19,20,21);1H. The molecule has 2 heterocycles. The number of hydrogen-bond donors (Lipinski definition) is 2. The van der Waals surface area contributed by atoms with Gasteiger partial charge in [0.25, 0.3) is 0 Å². The second-order valence-corrected chi connectivity index (χ2v) is 6.66. The molecule has 0 aromatic carbocycles. The minimum atomic E-state index is 0. The first-order valence-electron chi connectivity index (χ1n) is 9.31. The van der Waals surface area contributed by atoms with Crippen LogP contribution < -0.4 is 10.6 Å². The molecule has 0 saturated carbocycles. The zero-order valence-electron chi connectivity index (χ0n) is 16.1. The highest BCUT2D eigenvalue weighted by atomic mass is 127. The maximum absolute atomic E-state index is 5.42. The van der Waals surface area contributed by atoms with E-state index in [9.17, 15) is 0 Å². The number of hydrogen-bond acceptors (Lipinski definition) is 4. The second kappa shape index (κ2) is 11.7. The highest BCUT2D eigenvalue weighted by Crippen LogP contribution is 2.15. The van der Waals surface area contributed by atoms with Gasteiger partial charge in [-0.2, -0.15) is 0 Å². The molecule has 1 unspecified atom stereocenters. The summed E-state index contributed by atoms with van der Waals surface area (Å²) < 4.78 is 5.42. The summed E-state index contributed by atoms with van der Waals surface area (Å²) in [4.78, 5) is 6.89. The van der Waals surface area contributed by atoms with Gasteiger partial charge in [-0.15, -0.1) is 24.0 Å². The molecule has 1 aliphatic heterocycles. The summed E-state index contributed by atoms with van der Waals surface area (Å²) in [6, 6.07) is 0. The molecule has 0 spiro atoms. The summed E-state index contributed by atoms with van der Waals surface area (Å²) in [6.45, 7) is 11.8. The third-order valence-corrected chi connectivity index (χ3v) is 4.65. The van der Waals surface area contributed by atoms with E-state index in [2.05, 4.69) is 46.5 Å². The fourth-order valence-corrected chi connectivity index (χ4v) is 3.27. The van der Waals surface area contributed by atoms with Gasteiger partial charge in [0.05, 0.1) is 5.69 Å². The Morgan fingerprint density at radius 3 is 2.56 bits per heavy atom. The molecule has 1 saturated heterocycles. The molecule has 25 heavy (non-hydrogen) atoms. The van der Waals surface area contributed by atoms with E-state index in [4.69, 9.17) is 4.52 Å². The Bertz CT molecular complexity index is 504. The lowest BCUT2D eigenvalue weighted by Crippen LogP contribution is -2.41. The molecule has 2 rings (SSSR count). The van der Waals surface area contributed by atoms with Gasteiger partial charge in [-0.3, -0.25) is 4.99 Å². The van der Waals surface area contributed by atoms with Crippen molar-refractivity contribution < 1.29 is 4.52 Å². The van der Waals surface area contributed by atoms with Crippen LogP contribution in [0, 0.1) is 5.92 Å². The van der Waals surface area contributed by atoms with Crippen molar-refractivity contribution in [3.05, 3.63) is 17.0 Å². The van der Waals surface area contributed by atoms with E-state index >= 15 is 0 Å². The molecule has 0 bridgehead atoms. The van der Waals surface area contributed by atoms with Crippen molar-refractivity contribution in [1.82, 2.24) is 20.7 Å². The first-order chi connectivity index (χ1) is 11.7. The molecule has 1 aromatic heterocycles. The Morgan fingerprint density at radius 1 is 1.24 bits per heavy atom. The molecule has 0 aliphatic carbocycles. The fraction of sp³-hybridized carbons (Fsp3) is 0.778. The molecular weight excluding hydrogens is 429 g/mol. The average Bonchev–Trinajstić information content (AvgIpc) is 3.23. The van der Waals surface area contributed by atoms with Gasteiger partial charge in [0.2, 0.25) is 0 Å². The molecule has 2 N–H and O–H groups in total. The lowest BCUT2D eigenvalue weighted by molar-refractivity contribution is 0.287. The Kier molecular flexibility index (Phi) is 10.4. The van der Waals surface area contributed by atoms with Crippen molar-refractivity contribution >= 4 is 29.9 Å². The van der Waals surface area contributed by atoms with E-state index < -0.39 is 0 Å². The number of aliphatic imine (C=N–C) groups is 1. The van der Waals surface area contributed by atoms with Crippen LogP contribution in [0.25, 0.3) is 0 Å². The minimum absolute atomic E-state index is 0. The van der Waals surface area contributed by atoms with Gasteiger partial charge in [-0.05, 0) is 38.3 Å². The van der Waals surface area contributed by atoms with Crippen LogP contribution in [0.2, 0.25) is 0 Å². The summed E-state index contributed by atoms with van der Waals surface area (Å²) in [5.74, 6) is 2.42. The highest BCUT2D eigenvalue weighted by molar-refractivity contribution is 14.0. The Balaban J connectivity index is 0.00000312. The fourth-order valence-electron chi connectivity index (χ4n) is 3.27. The molecule has 1 aromatic rings. The molecule has 6 nitrogen and oxygen atoms in total. The van der Waals surface area contributed by atoms with Gasteiger partial charge in [0, 0.05) is 38.7 Å². The van der Waals surface area contributed by atoms with Gasteiger partial charge in [0.15, 0.2) is 5.96 Å². The number of halogens is 1. The molecule has 1 aliphatic rings. The van der Waals surface area contributed by atoms with Crippen LogP contribution in [0.15, 0.2) is 9.52 Å². The summed E-state index contributed by atoms with van der Waals surface area (Å²) in [5, 5.41) is 11.0. The molecular formula is C18H34IN5O. The van der Waals surface area contributed by atoms with E-state index in [-0.39, 0.29) is 24.0 Å². The van der Waals surface area contributed by atoms with Gasteiger partial charge in [-0.1, -0.05) is 25.9 Å². The number of aromatic nitrogens is 1. The predicted molar refractivity (Wildman–Crippen MR) is 114 cm³/mol. The van der Waals surface area contributed by atoms with Gasteiger partial charge in [-0.25, -0.2) is 0 Å². The van der Waals surface area contributed by atoms with E-state index in [1.807, 2.05) is 7.05 Å². The Labute approximate surface area is 169 Å². The van der Waals surface area contributed by atoms with E-state index in [1.165, 1.54) is 31.5 Å². The van der Waals surface area contributed by atoms with Crippen LogP contribution in [0.1, 0.15) is 50.6 Å². The first-order valence-corrected chi connectivity index (χ1v) is 9.31. The zero-order chi connectivity index (χ0) is 17.4. The molecule has 0 radical (unpaired) electrons. The van der Waals surface area contributed by atoms with Gasteiger partial charge < -0.3 is 20.1 Å². The summed E-state index contributed by atoms with van der Waals surface area (Å²) in [6.07, 6.45) is 4.45. The third kappa shape index (κ3) is 6.77. The molecule has 1 atom stereocenters. The predicted octanol–water partition coefficient (Wildman–Crippen LogP) is 2.81. The van der Waals surface area contributed by atoms with Gasteiger partial charge in [0.1, 0.15) is 5.76 Å². The lowest BCUT2D eigenvalue weighted by Gasteiger charge is -2.21. The third-order valence-electron chi connectivity index (χ3n) is 4.65. The van der Waals surface area contributed by atoms with Crippen molar-refractivity contribution in [3.63, 3.8) is 0 Å². The number of nitrogens with one attached hydrogen (secondary N) is 2. The van der Waals surface area contributed by atoms with Crippen molar-refractivity contribution in [2.45, 2.75) is 53.0 Å². The van der Waals surface area contributed by atoms with Gasteiger partial charge >= 0.3 is 0 Å². The minimum Gasteiger partial charge on any atom is -0.361 e. The van der Waals surface area contributed by atoms with E-state index in [0.29, 0.717) is 12.5 Å². The van der Waals surface area contributed by atoms with Crippen LogP contribution in [0.5, 0.6) is 0 Å². The van der Waals surface area contributed by atoms with Crippen molar-refractivity contribution in [3.8, 4) is 0 Å². The zero-order valence-corrected chi connectivity index (χ0v) is 18.4. The quantitative estimate of drug-likeness (QED) is 0.353. The van der Waals surface area contributed by atoms with Crippen molar-refractivity contribution in [2.75, 3.05) is 33.2 Å². The number of aryl methyl sites for hydroxylation is 2. The maximum atomic E-state index is 5.42. The van der Waals surface area contributed by atoms with Crippen LogP contribution in [-0.4, -0.2) is 49.2 Å². The van der Waals surface area contributed by atoms with Crippen LogP contribution in [0.4, 0.5) is 0 Å². The molecule has 7 heteroatoms. The smallest absolute Gasteiger partial charge is 0.191 e. The highest BCUT2D eigenvalue weighted by Gasteiger charge is 2.16. The number of nitrogens with zero attached hydrogens (tertiary/aromatic N) is 3. The topological polar surface area (TPSA) is 65.7 Å². The number of likely N-dealkylation sites (tertiary alicyclic amines) is 1. The average molecular weight is 463 g/mol. The molecule has 0 amide bonds. The monoisotopic (exact) mass is 463 g/mol. The normalized spacial score (nSPS) is 16.6. The molecule has 144 valence electrons. The van der Waals surface area contributed by atoms with E-state index in [1.54, 1.807) is 0 Å². The van der Waals surface area contributed by atoms with Crippen LogP contribution in [-0.2, 0) is 19.4 Å². The molecule has 1 fully saturated rings.